The molecular weight excluding hydrogens is 224 g/mol. The van der Waals surface area contributed by atoms with Gasteiger partial charge in [-0.1, -0.05) is 36.4 Å². The van der Waals surface area contributed by atoms with Crippen LogP contribution in [0.4, 0.5) is 0 Å². The van der Waals surface area contributed by atoms with Gasteiger partial charge in [0.2, 0.25) is 0 Å². The molecule has 2 saturated carbocycles. The minimum atomic E-state index is 0.692. The molecule has 0 radical (unpaired) electrons. The molecule has 5 atom stereocenters. The second-order valence-electron chi connectivity index (χ2n) is 5.78. The van der Waals surface area contributed by atoms with Gasteiger partial charge in [0.25, 0.3) is 0 Å². The Morgan fingerprint density at radius 1 is 1.00 bits per heavy atom. The van der Waals surface area contributed by atoms with Crippen molar-refractivity contribution in [1.82, 2.24) is 0 Å². The maximum atomic E-state index is 2.46. The van der Waals surface area contributed by atoms with E-state index in [1.54, 1.807) is 0 Å². The molecular formula is C16H18S. The molecule has 0 saturated heterocycles. The van der Waals surface area contributed by atoms with E-state index in [4.69, 9.17) is 0 Å². The molecule has 2 bridgehead atoms. The average Bonchev–Trinajstić information content (AvgIpc) is 3.01. The van der Waals surface area contributed by atoms with Crippen molar-refractivity contribution in [3.05, 3.63) is 47.4 Å². The minimum Gasteiger partial charge on any atom is -0.130 e. The standard InChI is InChI=1S/C16H18S/c1-2-4-11(5-3-1)14-8-9-17-16-13-7-6-12(10-13)15(14)16/h1-5,8-9,12-16H,6-7,10H2/t12-,13+,14-,15-,16-/m1/s1. The van der Waals surface area contributed by atoms with Gasteiger partial charge >= 0.3 is 0 Å². The molecule has 1 aromatic carbocycles. The van der Waals surface area contributed by atoms with Gasteiger partial charge in [0.05, 0.1) is 0 Å². The molecule has 0 unspecified atom stereocenters. The number of thioether (sulfide) groups is 1. The Hall–Kier alpha value is -0.690. The summed E-state index contributed by atoms with van der Waals surface area (Å²) in [5.74, 6) is 3.64. The van der Waals surface area contributed by atoms with Crippen molar-refractivity contribution in [2.24, 2.45) is 17.8 Å². The maximum absolute atomic E-state index is 2.46. The van der Waals surface area contributed by atoms with Gasteiger partial charge in [-0.25, -0.2) is 0 Å². The Morgan fingerprint density at radius 2 is 1.82 bits per heavy atom. The second kappa shape index (κ2) is 3.91. The normalized spacial score (nSPS) is 42.7. The summed E-state index contributed by atoms with van der Waals surface area (Å²) in [5, 5.41) is 3.29. The fourth-order valence-corrected chi connectivity index (χ4v) is 5.82. The van der Waals surface area contributed by atoms with Crippen molar-refractivity contribution >= 4 is 11.8 Å². The third kappa shape index (κ3) is 1.52. The summed E-state index contributed by atoms with van der Waals surface area (Å²) in [6.45, 7) is 0. The first kappa shape index (κ1) is 10.3. The highest BCUT2D eigenvalue weighted by Gasteiger charge is 2.51. The molecule has 1 heteroatoms. The van der Waals surface area contributed by atoms with Gasteiger partial charge in [-0.3, -0.25) is 0 Å². The molecule has 4 rings (SSSR count). The molecule has 0 nitrogen and oxygen atoms in total. The number of allylic oxidation sites excluding steroid dienone is 1. The predicted molar refractivity (Wildman–Crippen MR) is 74.0 cm³/mol. The van der Waals surface area contributed by atoms with E-state index in [-0.39, 0.29) is 0 Å². The van der Waals surface area contributed by atoms with Gasteiger partial charge in [0.15, 0.2) is 0 Å². The fraction of sp³-hybridized carbons (Fsp3) is 0.500. The molecule has 2 fully saturated rings. The molecule has 17 heavy (non-hydrogen) atoms. The van der Waals surface area contributed by atoms with E-state index in [0.717, 1.165) is 23.0 Å². The van der Waals surface area contributed by atoms with Gasteiger partial charge in [-0.05, 0) is 48.0 Å². The Bertz CT molecular complexity index is 436. The van der Waals surface area contributed by atoms with Crippen LogP contribution in [0.15, 0.2) is 41.8 Å². The molecule has 0 aromatic heterocycles. The monoisotopic (exact) mass is 242 g/mol. The van der Waals surface area contributed by atoms with Crippen molar-refractivity contribution in [1.29, 1.82) is 0 Å². The van der Waals surface area contributed by atoms with E-state index in [0.29, 0.717) is 5.92 Å². The first-order valence-electron chi connectivity index (χ1n) is 6.80. The highest BCUT2D eigenvalue weighted by Crippen LogP contribution is 2.59. The van der Waals surface area contributed by atoms with Gasteiger partial charge in [0.1, 0.15) is 0 Å². The van der Waals surface area contributed by atoms with Crippen LogP contribution < -0.4 is 0 Å². The van der Waals surface area contributed by atoms with Crippen molar-refractivity contribution in [2.45, 2.75) is 30.4 Å². The van der Waals surface area contributed by atoms with Crippen LogP contribution in [0.3, 0.4) is 0 Å². The van der Waals surface area contributed by atoms with Crippen LogP contribution in [0, 0.1) is 17.8 Å². The molecule has 3 aliphatic rings. The van der Waals surface area contributed by atoms with Crippen LogP contribution in [0.2, 0.25) is 0 Å². The first-order chi connectivity index (χ1) is 8.43. The molecule has 0 N–H and O–H groups in total. The summed E-state index contributed by atoms with van der Waals surface area (Å²) in [7, 11) is 0. The fourth-order valence-electron chi connectivity index (χ4n) is 4.34. The topological polar surface area (TPSA) is 0 Å². The van der Waals surface area contributed by atoms with Crippen molar-refractivity contribution in [2.75, 3.05) is 0 Å². The van der Waals surface area contributed by atoms with Crippen LogP contribution in [-0.4, -0.2) is 5.25 Å². The van der Waals surface area contributed by atoms with E-state index in [9.17, 15) is 0 Å². The lowest BCUT2D eigenvalue weighted by atomic mass is 9.75. The summed E-state index contributed by atoms with van der Waals surface area (Å²) in [5.41, 5.74) is 1.53. The molecule has 1 aliphatic heterocycles. The zero-order valence-corrected chi connectivity index (χ0v) is 10.8. The maximum Gasteiger partial charge on any atom is 0.0156 e. The van der Waals surface area contributed by atoms with E-state index >= 15 is 0 Å². The zero-order valence-electron chi connectivity index (χ0n) is 9.96. The summed E-state index contributed by atoms with van der Waals surface area (Å²) >= 11 is 2.11. The van der Waals surface area contributed by atoms with Gasteiger partial charge in [0, 0.05) is 11.2 Å². The smallest absolute Gasteiger partial charge is 0.0156 e. The van der Waals surface area contributed by atoms with E-state index in [2.05, 4.69) is 53.6 Å². The predicted octanol–water partition coefficient (Wildman–Crippen LogP) is 4.45. The largest absolute Gasteiger partial charge is 0.130 e. The molecule has 1 aromatic rings. The highest BCUT2D eigenvalue weighted by molar-refractivity contribution is 8.02. The van der Waals surface area contributed by atoms with Crippen LogP contribution >= 0.6 is 11.8 Å². The number of hydrogen-bond acceptors (Lipinski definition) is 1. The van der Waals surface area contributed by atoms with Crippen molar-refractivity contribution < 1.29 is 0 Å². The summed E-state index contributed by atoms with van der Waals surface area (Å²) < 4.78 is 0. The lowest BCUT2D eigenvalue weighted by molar-refractivity contribution is 0.315. The number of fused-ring (bicyclic) bond motifs is 5. The Kier molecular flexibility index (Phi) is 2.36. The van der Waals surface area contributed by atoms with E-state index in [1.807, 2.05) is 0 Å². The lowest BCUT2D eigenvalue weighted by Crippen LogP contribution is -2.31. The van der Waals surface area contributed by atoms with Crippen molar-refractivity contribution in [3.63, 3.8) is 0 Å². The van der Waals surface area contributed by atoms with Gasteiger partial charge in [-0.15, -0.1) is 11.8 Å². The first-order valence-corrected chi connectivity index (χ1v) is 7.75. The Labute approximate surface area is 107 Å². The summed E-state index contributed by atoms with van der Waals surface area (Å²) in [6.07, 6.45) is 6.95. The third-order valence-electron chi connectivity index (χ3n) is 5.02. The SMILES string of the molecule is C1=C[C@H](c2ccccc2)[C@H]2[C@@H]3CC[C@@H](C3)[C@H]2S1. The second-order valence-corrected chi connectivity index (χ2v) is 6.86. The number of hydrogen-bond donors (Lipinski definition) is 0. The molecule has 0 spiro atoms. The Morgan fingerprint density at radius 3 is 2.71 bits per heavy atom. The molecule has 0 amide bonds. The summed E-state index contributed by atoms with van der Waals surface area (Å²) in [4.78, 5) is 0. The minimum absolute atomic E-state index is 0.692. The molecule has 88 valence electrons. The van der Waals surface area contributed by atoms with Crippen LogP contribution in [0.25, 0.3) is 0 Å². The van der Waals surface area contributed by atoms with Crippen LogP contribution in [0.1, 0.15) is 30.7 Å². The van der Waals surface area contributed by atoms with Crippen molar-refractivity contribution in [3.8, 4) is 0 Å². The van der Waals surface area contributed by atoms with Crippen LogP contribution in [0.5, 0.6) is 0 Å². The summed E-state index contributed by atoms with van der Waals surface area (Å²) in [6, 6.07) is 11.1. The quantitative estimate of drug-likeness (QED) is 0.701. The molecule has 2 aliphatic carbocycles. The Balaban J connectivity index is 1.72. The van der Waals surface area contributed by atoms with Gasteiger partial charge < -0.3 is 0 Å². The zero-order chi connectivity index (χ0) is 11.2. The molecule has 1 heterocycles. The lowest BCUT2D eigenvalue weighted by Gasteiger charge is -2.37. The number of rotatable bonds is 1. The number of benzene rings is 1. The van der Waals surface area contributed by atoms with E-state index < -0.39 is 0 Å². The van der Waals surface area contributed by atoms with Gasteiger partial charge in [-0.2, -0.15) is 0 Å². The third-order valence-corrected chi connectivity index (χ3v) is 6.35. The van der Waals surface area contributed by atoms with E-state index in [1.165, 1.54) is 24.8 Å². The highest BCUT2D eigenvalue weighted by atomic mass is 32.2. The van der Waals surface area contributed by atoms with Crippen LogP contribution in [-0.2, 0) is 0 Å². The average molecular weight is 242 g/mol.